The first-order valence-electron chi connectivity index (χ1n) is 6.83. The van der Waals surface area contributed by atoms with Crippen LogP contribution in [0.25, 0.3) is 0 Å². The van der Waals surface area contributed by atoms with Crippen LogP contribution in [-0.4, -0.2) is 22.7 Å². The van der Waals surface area contributed by atoms with Crippen LogP contribution in [0.3, 0.4) is 0 Å². The van der Waals surface area contributed by atoms with Crippen LogP contribution in [0.4, 0.5) is 13.2 Å². The van der Waals surface area contributed by atoms with Gasteiger partial charge in [-0.05, 0) is 26.8 Å². The van der Waals surface area contributed by atoms with Crippen molar-refractivity contribution in [3.8, 4) is 6.07 Å². The van der Waals surface area contributed by atoms with E-state index in [0.717, 1.165) is 13.0 Å². The molecule has 0 saturated heterocycles. The number of nitriles is 1. The Hall–Kier alpha value is -2.56. The predicted molar refractivity (Wildman–Crippen MR) is 77.9 cm³/mol. The maximum atomic E-state index is 12.9. The third kappa shape index (κ3) is 2.99. The summed E-state index contributed by atoms with van der Waals surface area (Å²) in [7, 11) is 0. The number of nitrogens with one attached hydrogen (secondary N) is 1. The lowest BCUT2D eigenvalue weighted by Gasteiger charge is -2.26. The number of nitrogens with zero attached hydrogens (tertiary/aromatic N) is 3. The van der Waals surface area contributed by atoms with Crippen molar-refractivity contribution in [2.45, 2.75) is 32.4 Å². The second-order valence-corrected chi connectivity index (χ2v) is 5.63. The molecule has 3 N–H and O–H groups in total. The van der Waals surface area contributed by atoms with E-state index in [9.17, 15) is 18.4 Å². The summed E-state index contributed by atoms with van der Waals surface area (Å²) in [4.78, 5) is 8.24. The number of alkyl halides is 3. The maximum absolute atomic E-state index is 12.9. The van der Waals surface area contributed by atoms with Crippen LogP contribution in [0.5, 0.6) is 0 Å². The van der Waals surface area contributed by atoms with Crippen molar-refractivity contribution in [2.24, 2.45) is 5.73 Å². The van der Waals surface area contributed by atoms with Crippen LogP contribution in [-0.2, 0) is 5.41 Å². The molecule has 0 bridgehead atoms. The monoisotopic (exact) mass is 323 g/mol. The molecule has 2 rings (SSSR count). The van der Waals surface area contributed by atoms with Gasteiger partial charge in [-0.2, -0.15) is 18.4 Å². The van der Waals surface area contributed by atoms with E-state index in [1.54, 1.807) is 13.8 Å². The number of nitrogens with two attached hydrogens (primary N) is 1. The number of hydrogen-bond donors (Lipinski definition) is 2. The van der Waals surface area contributed by atoms with Crippen molar-refractivity contribution in [3.63, 3.8) is 0 Å². The van der Waals surface area contributed by atoms with E-state index in [-0.39, 0.29) is 23.5 Å². The zero-order valence-corrected chi connectivity index (χ0v) is 12.9. The lowest BCUT2D eigenvalue weighted by molar-refractivity contribution is -0.0913. The zero-order chi connectivity index (χ0) is 17.4. The fourth-order valence-corrected chi connectivity index (χ4v) is 2.48. The van der Waals surface area contributed by atoms with E-state index < -0.39 is 17.2 Å². The molecule has 1 aromatic heterocycles. The molecule has 1 aromatic rings. The van der Waals surface area contributed by atoms with Crippen molar-refractivity contribution >= 4 is 0 Å². The number of allylic oxidation sites excluding steroid dienone is 2. The van der Waals surface area contributed by atoms with Gasteiger partial charge < -0.3 is 11.1 Å². The molecule has 1 aliphatic heterocycles. The summed E-state index contributed by atoms with van der Waals surface area (Å²) in [6, 6.07) is 1.98. The Balaban J connectivity index is 2.63. The van der Waals surface area contributed by atoms with Gasteiger partial charge in [0.1, 0.15) is 17.7 Å². The third-order valence-electron chi connectivity index (χ3n) is 3.88. The molecule has 8 heteroatoms. The minimum atomic E-state index is -4.45. The highest BCUT2D eigenvalue weighted by Gasteiger charge is 2.41. The van der Waals surface area contributed by atoms with E-state index in [0.29, 0.717) is 11.5 Å². The Bertz CT molecular complexity index is 742. The van der Waals surface area contributed by atoms with Gasteiger partial charge in [-0.15, -0.1) is 0 Å². The summed E-state index contributed by atoms with van der Waals surface area (Å²) < 4.78 is 38.6. The Morgan fingerprint density at radius 1 is 1.52 bits per heavy atom. The molecular weight excluding hydrogens is 307 g/mol. The van der Waals surface area contributed by atoms with Crippen LogP contribution in [0, 0.1) is 18.3 Å². The van der Waals surface area contributed by atoms with Crippen molar-refractivity contribution in [1.29, 1.82) is 5.26 Å². The average molecular weight is 323 g/mol. The van der Waals surface area contributed by atoms with Crippen molar-refractivity contribution in [2.75, 3.05) is 6.54 Å². The van der Waals surface area contributed by atoms with Crippen molar-refractivity contribution in [1.82, 2.24) is 15.3 Å². The van der Waals surface area contributed by atoms with Gasteiger partial charge in [0.2, 0.25) is 0 Å². The highest BCUT2D eigenvalue weighted by atomic mass is 19.4. The first kappa shape index (κ1) is 16.8. The fraction of sp³-hybridized carbons (Fsp3) is 0.400. The van der Waals surface area contributed by atoms with Crippen LogP contribution in [0.1, 0.15) is 30.9 Å². The lowest BCUT2D eigenvalue weighted by Crippen LogP contribution is -2.31. The summed E-state index contributed by atoms with van der Waals surface area (Å²) in [5.41, 5.74) is 4.97. The third-order valence-corrected chi connectivity index (χ3v) is 3.88. The van der Waals surface area contributed by atoms with Crippen LogP contribution < -0.4 is 11.1 Å². The standard InChI is InChI=1S/C15H16F3N5/c1-8(15(16,17)18)4-11-13(20)22-7-14(11,3)12-10(5-19)6-21-9(2)23-12/h4,6,22H,7,20H2,1-3H3/b8-4+. The second-order valence-electron chi connectivity index (χ2n) is 5.63. The highest BCUT2D eigenvalue weighted by molar-refractivity contribution is 5.50. The summed E-state index contributed by atoms with van der Waals surface area (Å²) >= 11 is 0. The molecule has 1 unspecified atom stereocenters. The number of rotatable bonds is 2. The molecule has 0 fully saturated rings. The SMILES string of the molecule is C/C(=C\C1=C(N)NCC1(C)c1nc(C)ncc1C#N)C(F)(F)F. The van der Waals surface area contributed by atoms with Gasteiger partial charge >= 0.3 is 6.18 Å². The first-order chi connectivity index (χ1) is 10.6. The van der Waals surface area contributed by atoms with Gasteiger partial charge in [-0.25, -0.2) is 9.97 Å². The van der Waals surface area contributed by atoms with Crippen LogP contribution >= 0.6 is 0 Å². The summed E-state index contributed by atoms with van der Waals surface area (Å²) in [6.07, 6.45) is -2.07. The number of halogens is 3. The van der Waals surface area contributed by atoms with Crippen LogP contribution in [0.15, 0.2) is 29.2 Å². The topological polar surface area (TPSA) is 87.6 Å². The summed E-state index contributed by atoms with van der Waals surface area (Å²) in [6.45, 7) is 4.59. The Morgan fingerprint density at radius 3 is 2.74 bits per heavy atom. The van der Waals surface area contributed by atoms with Gasteiger partial charge in [-0.3, -0.25) is 0 Å². The molecular formula is C15H16F3N5. The van der Waals surface area contributed by atoms with Gasteiger partial charge in [0.15, 0.2) is 0 Å². The molecule has 0 radical (unpaired) electrons. The molecule has 1 atom stereocenters. The van der Waals surface area contributed by atoms with Gasteiger partial charge in [-0.1, -0.05) is 0 Å². The minimum absolute atomic E-state index is 0.149. The van der Waals surface area contributed by atoms with Gasteiger partial charge in [0.05, 0.1) is 16.7 Å². The average Bonchev–Trinajstić information content (AvgIpc) is 2.75. The molecule has 0 aliphatic carbocycles. The molecule has 2 heterocycles. The molecule has 0 spiro atoms. The Kier molecular flexibility index (Phi) is 4.07. The van der Waals surface area contributed by atoms with E-state index in [1.807, 2.05) is 6.07 Å². The van der Waals surface area contributed by atoms with Crippen LogP contribution in [0.2, 0.25) is 0 Å². The number of aryl methyl sites for hydroxylation is 1. The fourth-order valence-electron chi connectivity index (χ4n) is 2.48. The lowest BCUT2D eigenvalue weighted by atomic mass is 9.78. The van der Waals surface area contributed by atoms with E-state index in [1.165, 1.54) is 6.20 Å². The molecule has 0 saturated carbocycles. The van der Waals surface area contributed by atoms with Crippen molar-refractivity contribution < 1.29 is 13.2 Å². The van der Waals surface area contributed by atoms with Gasteiger partial charge in [0.25, 0.3) is 0 Å². The molecule has 23 heavy (non-hydrogen) atoms. The molecule has 1 aliphatic rings. The molecule has 122 valence electrons. The number of hydrogen-bond acceptors (Lipinski definition) is 5. The molecule has 5 nitrogen and oxygen atoms in total. The highest BCUT2D eigenvalue weighted by Crippen LogP contribution is 2.39. The summed E-state index contributed by atoms with van der Waals surface area (Å²) in [5, 5.41) is 12.1. The van der Waals surface area contributed by atoms with E-state index in [2.05, 4.69) is 15.3 Å². The quantitative estimate of drug-likeness (QED) is 0.871. The normalized spacial score (nSPS) is 22.0. The molecule has 0 aromatic carbocycles. The Labute approximate surface area is 131 Å². The second kappa shape index (κ2) is 5.57. The largest absolute Gasteiger partial charge is 0.412 e. The summed E-state index contributed by atoms with van der Waals surface area (Å²) in [5.74, 6) is 0.581. The zero-order valence-electron chi connectivity index (χ0n) is 12.9. The predicted octanol–water partition coefficient (Wildman–Crippen LogP) is 2.20. The van der Waals surface area contributed by atoms with E-state index >= 15 is 0 Å². The maximum Gasteiger partial charge on any atom is 0.412 e. The van der Waals surface area contributed by atoms with E-state index in [4.69, 9.17) is 5.73 Å². The minimum Gasteiger partial charge on any atom is -0.385 e. The Morgan fingerprint density at radius 2 is 2.17 bits per heavy atom. The smallest absolute Gasteiger partial charge is 0.385 e. The first-order valence-corrected chi connectivity index (χ1v) is 6.83. The molecule has 0 amide bonds. The van der Waals surface area contributed by atoms with Gasteiger partial charge in [0, 0.05) is 23.9 Å². The van der Waals surface area contributed by atoms with Crippen molar-refractivity contribution in [3.05, 3.63) is 46.3 Å². The number of aromatic nitrogens is 2.